The Hall–Kier alpha value is -4.30. The van der Waals surface area contributed by atoms with Gasteiger partial charge >= 0.3 is 5.91 Å². The number of benzene rings is 3. The van der Waals surface area contributed by atoms with E-state index in [1.807, 2.05) is 25.1 Å². The molecule has 36 heavy (non-hydrogen) atoms. The van der Waals surface area contributed by atoms with E-state index in [4.69, 9.17) is 21.1 Å². The summed E-state index contributed by atoms with van der Waals surface area (Å²) >= 11 is 6.12. The van der Waals surface area contributed by atoms with Gasteiger partial charge in [-0.15, -0.1) is 0 Å². The number of rotatable bonds is 5. The van der Waals surface area contributed by atoms with Crippen molar-refractivity contribution >= 4 is 46.0 Å². The molecule has 0 spiro atoms. The van der Waals surface area contributed by atoms with Crippen molar-refractivity contribution in [3.8, 4) is 11.5 Å². The first-order valence-electron chi connectivity index (χ1n) is 11.1. The van der Waals surface area contributed by atoms with Crippen LogP contribution in [-0.2, 0) is 9.59 Å². The number of carbonyl (C=O) groups is 2. The van der Waals surface area contributed by atoms with E-state index in [1.54, 1.807) is 36.4 Å². The minimum Gasteiger partial charge on any atom is -0.507 e. The van der Waals surface area contributed by atoms with Crippen LogP contribution >= 0.6 is 11.6 Å². The summed E-state index contributed by atoms with van der Waals surface area (Å²) in [6.07, 6.45) is 0. The maximum absolute atomic E-state index is 13.4. The minimum absolute atomic E-state index is 0.0523. The van der Waals surface area contributed by atoms with Crippen LogP contribution in [0.3, 0.4) is 0 Å². The van der Waals surface area contributed by atoms with Gasteiger partial charge in [0.1, 0.15) is 5.76 Å². The van der Waals surface area contributed by atoms with Crippen molar-refractivity contribution < 1.29 is 24.2 Å². The lowest BCUT2D eigenvalue weighted by Crippen LogP contribution is -2.30. The average Bonchev–Trinajstić information content (AvgIpc) is 3.40. The Kier molecular flexibility index (Phi) is 5.89. The number of aryl methyl sites for hydroxylation is 1. The number of nitrogens with one attached hydrogen (secondary N) is 1. The van der Waals surface area contributed by atoms with Crippen molar-refractivity contribution in [1.29, 1.82) is 0 Å². The van der Waals surface area contributed by atoms with Crippen molar-refractivity contribution in [1.82, 2.24) is 9.97 Å². The van der Waals surface area contributed by atoms with Crippen LogP contribution in [0.5, 0.6) is 11.5 Å². The number of ketones is 1. The lowest BCUT2D eigenvalue weighted by molar-refractivity contribution is -0.132. The lowest BCUT2D eigenvalue weighted by Gasteiger charge is -2.23. The molecule has 1 unspecified atom stereocenters. The number of carbonyl (C=O) groups excluding carboxylic acids is 2. The number of imidazole rings is 1. The first-order valence-corrected chi connectivity index (χ1v) is 11.5. The van der Waals surface area contributed by atoms with Gasteiger partial charge in [-0.1, -0.05) is 53.6 Å². The molecular weight excluding hydrogens is 482 g/mol. The summed E-state index contributed by atoms with van der Waals surface area (Å²) in [6.45, 7) is 1.91. The standard InChI is InChI=1S/C27H22ClN3O5/c1-14-6-4-7-15(10-14)23-22(24(32)16-8-5-9-17(28)11-16)25(33)26(34)31(23)27-29-18-12-20(35-2)21(36-3)13-19(18)30-27/h4-13,23,32H,1-3H3,(H,29,30)/b24-22+. The first kappa shape index (κ1) is 23.4. The Morgan fingerprint density at radius 3 is 2.44 bits per heavy atom. The highest BCUT2D eigenvalue weighted by Gasteiger charge is 2.48. The lowest BCUT2D eigenvalue weighted by atomic mass is 9.94. The number of aliphatic hydroxyl groups excluding tert-OH is 1. The third-order valence-electron chi connectivity index (χ3n) is 6.10. The molecule has 182 valence electrons. The summed E-state index contributed by atoms with van der Waals surface area (Å²) in [5.41, 5.74) is 2.96. The number of hydrogen-bond donors (Lipinski definition) is 2. The maximum Gasteiger partial charge on any atom is 0.302 e. The molecule has 1 fully saturated rings. The largest absolute Gasteiger partial charge is 0.507 e. The van der Waals surface area contributed by atoms with Crippen LogP contribution in [0.4, 0.5) is 5.95 Å². The highest BCUT2D eigenvalue weighted by Crippen LogP contribution is 2.42. The van der Waals surface area contributed by atoms with Crippen LogP contribution in [0.15, 0.2) is 66.2 Å². The fourth-order valence-electron chi connectivity index (χ4n) is 4.44. The van der Waals surface area contributed by atoms with Gasteiger partial charge in [0, 0.05) is 22.7 Å². The first-order chi connectivity index (χ1) is 17.3. The topological polar surface area (TPSA) is 105 Å². The van der Waals surface area contributed by atoms with Gasteiger partial charge in [-0.3, -0.25) is 14.5 Å². The van der Waals surface area contributed by atoms with Gasteiger partial charge in [0.2, 0.25) is 5.95 Å². The number of aromatic nitrogens is 2. The Balaban J connectivity index is 1.73. The summed E-state index contributed by atoms with van der Waals surface area (Å²) in [6, 6.07) is 16.4. The predicted molar refractivity (Wildman–Crippen MR) is 137 cm³/mol. The monoisotopic (exact) mass is 503 g/mol. The van der Waals surface area contributed by atoms with E-state index >= 15 is 0 Å². The second-order valence-corrected chi connectivity index (χ2v) is 8.81. The van der Waals surface area contributed by atoms with Crippen LogP contribution in [0.25, 0.3) is 16.8 Å². The molecule has 3 aromatic carbocycles. The number of ether oxygens (including phenoxy) is 2. The Morgan fingerprint density at radius 2 is 1.75 bits per heavy atom. The van der Waals surface area contributed by atoms with Crippen LogP contribution in [0.2, 0.25) is 5.02 Å². The van der Waals surface area contributed by atoms with Crippen LogP contribution < -0.4 is 14.4 Å². The highest BCUT2D eigenvalue weighted by atomic mass is 35.5. The van der Waals surface area contributed by atoms with E-state index in [9.17, 15) is 14.7 Å². The normalized spacial score (nSPS) is 17.1. The zero-order valence-electron chi connectivity index (χ0n) is 19.7. The molecule has 1 saturated heterocycles. The van der Waals surface area contributed by atoms with E-state index < -0.39 is 17.7 Å². The van der Waals surface area contributed by atoms with E-state index in [0.29, 0.717) is 38.7 Å². The quantitative estimate of drug-likeness (QED) is 0.221. The summed E-state index contributed by atoms with van der Waals surface area (Å²) in [7, 11) is 3.04. The molecule has 8 nitrogen and oxygen atoms in total. The molecule has 0 aliphatic carbocycles. The van der Waals surface area contributed by atoms with Crippen molar-refractivity contribution in [2.24, 2.45) is 0 Å². The molecule has 5 rings (SSSR count). The van der Waals surface area contributed by atoms with Crippen molar-refractivity contribution in [2.75, 3.05) is 19.1 Å². The molecule has 1 aromatic heterocycles. The number of Topliss-reactive ketones (excluding diaryl/α,β-unsaturated/α-hetero) is 1. The number of halogens is 1. The SMILES string of the molecule is COc1cc2nc(N3C(=O)C(=O)/C(=C(/O)c4cccc(Cl)c4)C3c3cccc(C)c3)[nH]c2cc1OC. The smallest absolute Gasteiger partial charge is 0.302 e. The number of methoxy groups -OCH3 is 2. The molecule has 2 N–H and O–H groups in total. The van der Waals surface area contributed by atoms with Gasteiger partial charge in [-0.25, -0.2) is 4.98 Å². The molecule has 1 atom stereocenters. The predicted octanol–water partition coefficient (Wildman–Crippen LogP) is 5.17. The Bertz CT molecular complexity index is 1520. The fourth-order valence-corrected chi connectivity index (χ4v) is 4.63. The molecular formula is C27H22ClN3O5. The van der Waals surface area contributed by atoms with Crippen LogP contribution in [0, 0.1) is 6.92 Å². The zero-order valence-corrected chi connectivity index (χ0v) is 20.5. The number of anilines is 1. The number of fused-ring (bicyclic) bond motifs is 1. The third-order valence-corrected chi connectivity index (χ3v) is 6.34. The van der Waals surface area contributed by atoms with Gasteiger partial charge < -0.3 is 19.6 Å². The van der Waals surface area contributed by atoms with Gasteiger partial charge in [-0.05, 0) is 24.6 Å². The van der Waals surface area contributed by atoms with E-state index in [0.717, 1.165) is 5.56 Å². The molecule has 1 amide bonds. The van der Waals surface area contributed by atoms with E-state index in [1.165, 1.54) is 25.2 Å². The number of amides is 1. The molecule has 4 aromatic rings. The summed E-state index contributed by atoms with van der Waals surface area (Å²) in [4.78, 5) is 35.7. The van der Waals surface area contributed by atoms with Gasteiger partial charge in [0.15, 0.2) is 11.5 Å². The van der Waals surface area contributed by atoms with Crippen molar-refractivity contribution in [3.05, 3.63) is 87.9 Å². The molecule has 9 heteroatoms. The second kappa shape index (κ2) is 9.05. The summed E-state index contributed by atoms with van der Waals surface area (Å²) < 4.78 is 10.7. The fraction of sp³-hybridized carbons (Fsp3) is 0.148. The zero-order chi connectivity index (χ0) is 25.6. The number of hydrogen-bond acceptors (Lipinski definition) is 6. The van der Waals surface area contributed by atoms with Crippen molar-refractivity contribution in [2.45, 2.75) is 13.0 Å². The molecule has 0 saturated carbocycles. The molecule has 0 radical (unpaired) electrons. The number of H-pyrrole nitrogens is 1. The number of nitrogens with zero attached hydrogens (tertiary/aromatic N) is 2. The van der Waals surface area contributed by atoms with Gasteiger partial charge in [-0.2, -0.15) is 0 Å². The maximum atomic E-state index is 13.4. The number of aromatic amines is 1. The Morgan fingerprint density at radius 1 is 1.03 bits per heavy atom. The summed E-state index contributed by atoms with van der Waals surface area (Å²) in [5.74, 6) is -0.847. The Labute approximate surface area is 211 Å². The second-order valence-electron chi connectivity index (χ2n) is 8.38. The average molecular weight is 504 g/mol. The van der Waals surface area contributed by atoms with Crippen LogP contribution in [-0.4, -0.2) is 41.0 Å². The third kappa shape index (κ3) is 3.85. The summed E-state index contributed by atoms with van der Waals surface area (Å²) in [5, 5.41) is 11.6. The van der Waals surface area contributed by atoms with Crippen molar-refractivity contribution in [3.63, 3.8) is 0 Å². The van der Waals surface area contributed by atoms with Crippen LogP contribution in [0.1, 0.15) is 22.7 Å². The minimum atomic E-state index is -0.923. The van der Waals surface area contributed by atoms with E-state index in [-0.39, 0.29) is 17.3 Å². The van der Waals surface area contributed by atoms with Gasteiger partial charge in [0.05, 0.1) is 36.9 Å². The molecule has 1 aliphatic heterocycles. The van der Waals surface area contributed by atoms with Gasteiger partial charge in [0.25, 0.3) is 5.78 Å². The van der Waals surface area contributed by atoms with E-state index in [2.05, 4.69) is 9.97 Å². The highest BCUT2D eigenvalue weighted by molar-refractivity contribution is 6.51. The number of aliphatic hydroxyl groups is 1. The molecule has 2 heterocycles. The molecule has 1 aliphatic rings. The molecule has 0 bridgehead atoms.